The molecule has 0 spiro atoms. The average molecular weight is 198 g/mol. The van der Waals surface area contributed by atoms with Crippen molar-refractivity contribution < 1.29 is 4.79 Å². The molecule has 0 saturated carbocycles. The van der Waals surface area contributed by atoms with Gasteiger partial charge in [0.25, 0.3) is 0 Å². The lowest BCUT2D eigenvalue weighted by Crippen LogP contribution is -2.32. The van der Waals surface area contributed by atoms with E-state index >= 15 is 0 Å². The highest BCUT2D eigenvalue weighted by atomic mass is 16.2. The Kier molecular flexibility index (Phi) is 4.39. The van der Waals surface area contributed by atoms with Crippen molar-refractivity contribution in [2.45, 2.75) is 45.6 Å². The summed E-state index contributed by atoms with van der Waals surface area (Å²) in [4.78, 5) is 13.1. The Hall–Kier alpha value is -0.570. The summed E-state index contributed by atoms with van der Waals surface area (Å²) in [7, 11) is 0. The standard InChI is InChI=1S/C11H22N2O/c1-3-11(12)10-5-4-7-13(8-6-10)9(2)14/h10-11H,3-8,12H2,1-2H3. The molecule has 0 aliphatic carbocycles. The summed E-state index contributed by atoms with van der Waals surface area (Å²) in [5, 5.41) is 0. The minimum atomic E-state index is 0.204. The molecule has 82 valence electrons. The summed E-state index contributed by atoms with van der Waals surface area (Å²) in [6.45, 7) is 5.61. The third-order valence-electron chi connectivity index (χ3n) is 3.29. The van der Waals surface area contributed by atoms with Gasteiger partial charge < -0.3 is 10.6 Å². The van der Waals surface area contributed by atoms with Crippen molar-refractivity contribution in [2.24, 2.45) is 11.7 Å². The van der Waals surface area contributed by atoms with Crippen LogP contribution in [-0.4, -0.2) is 29.9 Å². The molecule has 1 heterocycles. The molecule has 14 heavy (non-hydrogen) atoms. The van der Waals surface area contributed by atoms with Crippen LogP contribution in [0.2, 0.25) is 0 Å². The fourth-order valence-corrected chi connectivity index (χ4v) is 2.20. The van der Waals surface area contributed by atoms with Crippen molar-refractivity contribution in [1.29, 1.82) is 0 Å². The van der Waals surface area contributed by atoms with Crippen LogP contribution in [0.3, 0.4) is 0 Å². The van der Waals surface area contributed by atoms with Crippen molar-refractivity contribution in [1.82, 2.24) is 4.90 Å². The molecule has 0 aromatic heterocycles. The average Bonchev–Trinajstić information content (AvgIpc) is 2.41. The third kappa shape index (κ3) is 2.98. The van der Waals surface area contributed by atoms with Gasteiger partial charge in [-0.2, -0.15) is 0 Å². The Labute approximate surface area is 86.6 Å². The number of carbonyl (C=O) groups excluding carboxylic acids is 1. The number of hydrogen-bond donors (Lipinski definition) is 1. The third-order valence-corrected chi connectivity index (χ3v) is 3.29. The first kappa shape index (κ1) is 11.5. The van der Waals surface area contributed by atoms with Crippen LogP contribution in [0, 0.1) is 5.92 Å². The molecule has 0 aromatic rings. The van der Waals surface area contributed by atoms with Gasteiger partial charge in [0.2, 0.25) is 5.91 Å². The fraction of sp³-hybridized carbons (Fsp3) is 0.909. The molecule has 3 nitrogen and oxygen atoms in total. The van der Waals surface area contributed by atoms with E-state index in [0.29, 0.717) is 12.0 Å². The van der Waals surface area contributed by atoms with Crippen molar-refractivity contribution in [2.75, 3.05) is 13.1 Å². The maximum absolute atomic E-state index is 11.2. The molecule has 2 N–H and O–H groups in total. The number of nitrogens with zero attached hydrogens (tertiary/aromatic N) is 1. The highest BCUT2D eigenvalue weighted by Gasteiger charge is 2.21. The van der Waals surface area contributed by atoms with Crippen LogP contribution in [0.25, 0.3) is 0 Å². The van der Waals surface area contributed by atoms with Gasteiger partial charge in [-0.3, -0.25) is 4.79 Å². The predicted molar refractivity (Wildman–Crippen MR) is 57.9 cm³/mol. The van der Waals surface area contributed by atoms with Gasteiger partial charge in [0.05, 0.1) is 0 Å². The summed E-state index contributed by atoms with van der Waals surface area (Å²) in [6.07, 6.45) is 4.41. The van der Waals surface area contributed by atoms with Gasteiger partial charge in [-0.05, 0) is 31.6 Å². The number of hydrogen-bond acceptors (Lipinski definition) is 2. The van der Waals surface area contributed by atoms with E-state index in [-0.39, 0.29) is 5.91 Å². The Bertz CT molecular complexity index is 194. The maximum Gasteiger partial charge on any atom is 0.219 e. The second kappa shape index (κ2) is 5.35. The SMILES string of the molecule is CCC(N)C1CCCN(C(C)=O)CC1. The largest absolute Gasteiger partial charge is 0.343 e. The van der Waals surface area contributed by atoms with Crippen molar-refractivity contribution >= 4 is 5.91 Å². The Balaban J connectivity index is 2.44. The molecule has 0 bridgehead atoms. The summed E-state index contributed by atoms with van der Waals surface area (Å²) < 4.78 is 0. The van der Waals surface area contributed by atoms with Crippen LogP contribution < -0.4 is 5.73 Å². The van der Waals surface area contributed by atoms with Gasteiger partial charge in [-0.1, -0.05) is 6.92 Å². The van der Waals surface area contributed by atoms with Crippen molar-refractivity contribution in [3.05, 3.63) is 0 Å². The normalized spacial score (nSPS) is 25.6. The van der Waals surface area contributed by atoms with Crippen LogP contribution >= 0.6 is 0 Å². The predicted octanol–water partition coefficient (Wildman–Crippen LogP) is 1.37. The molecular weight excluding hydrogens is 176 g/mol. The molecular formula is C11H22N2O. The molecule has 1 rings (SSSR count). The van der Waals surface area contributed by atoms with E-state index in [1.807, 2.05) is 4.90 Å². The summed E-state index contributed by atoms with van der Waals surface area (Å²) >= 11 is 0. The van der Waals surface area contributed by atoms with E-state index in [2.05, 4.69) is 6.92 Å². The number of nitrogens with two attached hydrogens (primary N) is 1. The quantitative estimate of drug-likeness (QED) is 0.728. The Morgan fingerprint density at radius 3 is 2.79 bits per heavy atom. The monoisotopic (exact) mass is 198 g/mol. The van der Waals surface area contributed by atoms with Crippen LogP contribution in [0.4, 0.5) is 0 Å². The van der Waals surface area contributed by atoms with E-state index in [9.17, 15) is 4.79 Å². The van der Waals surface area contributed by atoms with Gasteiger partial charge >= 0.3 is 0 Å². The first-order valence-corrected chi connectivity index (χ1v) is 5.66. The highest BCUT2D eigenvalue weighted by Crippen LogP contribution is 2.21. The van der Waals surface area contributed by atoms with Crippen molar-refractivity contribution in [3.63, 3.8) is 0 Å². The molecule has 2 unspecified atom stereocenters. The van der Waals surface area contributed by atoms with E-state index in [1.165, 1.54) is 6.42 Å². The minimum Gasteiger partial charge on any atom is -0.343 e. The smallest absolute Gasteiger partial charge is 0.219 e. The molecule has 1 fully saturated rings. The fourth-order valence-electron chi connectivity index (χ4n) is 2.20. The van der Waals surface area contributed by atoms with Gasteiger partial charge in [0.15, 0.2) is 0 Å². The van der Waals surface area contributed by atoms with E-state index < -0.39 is 0 Å². The lowest BCUT2D eigenvalue weighted by atomic mass is 9.91. The van der Waals surface area contributed by atoms with Gasteiger partial charge in [0, 0.05) is 26.1 Å². The zero-order valence-electron chi connectivity index (χ0n) is 9.33. The van der Waals surface area contributed by atoms with Gasteiger partial charge in [-0.25, -0.2) is 0 Å². The number of amides is 1. The molecule has 3 heteroatoms. The Morgan fingerprint density at radius 1 is 1.50 bits per heavy atom. The first-order chi connectivity index (χ1) is 6.65. The molecule has 2 atom stereocenters. The zero-order valence-corrected chi connectivity index (χ0v) is 9.33. The second-order valence-corrected chi connectivity index (χ2v) is 4.27. The molecule has 0 radical (unpaired) electrons. The van der Waals surface area contributed by atoms with Crippen LogP contribution in [-0.2, 0) is 4.79 Å². The van der Waals surface area contributed by atoms with Crippen molar-refractivity contribution in [3.8, 4) is 0 Å². The van der Waals surface area contributed by atoms with Gasteiger partial charge in [-0.15, -0.1) is 0 Å². The second-order valence-electron chi connectivity index (χ2n) is 4.27. The molecule has 0 aromatic carbocycles. The molecule has 1 aliphatic heterocycles. The lowest BCUT2D eigenvalue weighted by Gasteiger charge is -2.21. The molecule has 1 aliphatic rings. The molecule has 1 saturated heterocycles. The minimum absolute atomic E-state index is 0.204. The van der Waals surface area contributed by atoms with Crippen LogP contribution in [0.15, 0.2) is 0 Å². The Morgan fingerprint density at radius 2 is 2.21 bits per heavy atom. The zero-order chi connectivity index (χ0) is 10.6. The van der Waals surface area contributed by atoms with Crippen LogP contribution in [0.5, 0.6) is 0 Å². The topological polar surface area (TPSA) is 46.3 Å². The van der Waals surface area contributed by atoms with E-state index in [4.69, 9.17) is 5.73 Å². The molecule has 1 amide bonds. The lowest BCUT2D eigenvalue weighted by molar-refractivity contribution is -0.128. The van der Waals surface area contributed by atoms with Crippen LogP contribution in [0.1, 0.15) is 39.5 Å². The number of carbonyl (C=O) groups is 1. The van der Waals surface area contributed by atoms with Gasteiger partial charge in [0.1, 0.15) is 0 Å². The summed E-state index contributed by atoms with van der Waals surface area (Å²) in [5.74, 6) is 0.820. The highest BCUT2D eigenvalue weighted by molar-refractivity contribution is 5.73. The summed E-state index contributed by atoms with van der Waals surface area (Å²) in [5.41, 5.74) is 6.04. The first-order valence-electron chi connectivity index (χ1n) is 5.66. The van der Waals surface area contributed by atoms with E-state index in [0.717, 1.165) is 32.4 Å². The maximum atomic E-state index is 11.2. The number of rotatable bonds is 2. The van der Waals surface area contributed by atoms with E-state index in [1.54, 1.807) is 6.92 Å². The number of likely N-dealkylation sites (tertiary alicyclic amines) is 1. The summed E-state index contributed by atoms with van der Waals surface area (Å²) in [6, 6.07) is 0.321.